The highest BCUT2D eigenvalue weighted by Gasteiger charge is 2.30. The molecule has 37 heavy (non-hydrogen) atoms. The van der Waals surface area contributed by atoms with Gasteiger partial charge in [0.25, 0.3) is 11.5 Å². The van der Waals surface area contributed by atoms with E-state index < -0.39 is 11.5 Å². The van der Waals surface area contributed by atoms with Crippen molar-refractivity contribution in [2.75, 3.05) is 38.2 Å². The van der Waals surface area contributed by atoms with E-state index in [9.17, 15) is 18.8 Å². The molecule has 2 aromatic carbocycles. The Labute approximate surface area is 212 Å². The van der Waals surface area contributed by atoms with Crippen molar-refractivity contribution in [3.8, 4) is 0 Å². The zero-order chi connectivity index (χ0) is 26.1. The Morgan fingerprint density at radius 2 is 1.76 bits per heavy atom. The zero-order valence-electron chi connectivity index (χ0n) is 20.6. The molecule has 1 aliphatic rings. The third kappa shape index (κ3) is 4.60. The largest absolute Gasteiger partial charge is 0.465 e. The standard InChI is InChI=1S/C28H26FN3O5/c1-18-5-10-22-21(16-18)25(30-11-13-31(14-12-30)26(33)23-4-3-15-37-23)24(28(35)36-2)27(34)32(22)17-19-6-8-20(29)9-7-19/h3-10,15-16H,11-14,17H2,1-2H3. The molecule has 1 fully saturated rings. The second-order valence-electron chi connectivity index (χ2n) is 9.01. The molecular formula is C28H26FN3O5. The van der Waals surface area contributed by atoms with E-state index in [-0.39, 0.29) is 29.6 Å². The number of anilines is 1. The average Bonchev–Trinajstić information content (AvgIpc) is 3.45. The van der Waals surface area contributed by atoms with Crippen LogP contribution in [-0.4, -0.2) is 54.6 Å². The van der Waals surface area contributed by atoms with Crippen LogP contribution in [0.4, 0.5) is 10.1 Å². The van der Waals surface area contributed by atoms with Gasteiger partial charge in [0.15, 0.2) is 5.76 Å². The lowest BCUT2D eigenvalue weighted by Crippen LogP contribution is -2.49. The van der Waals surface area contributed by atoms with Crippen molar-refractivity contribution in [2.24, 2.45) is 0 Å². The van der Waals surface area contributed by atoms with Crippen LogP contribution < -0.4 is 10.5 Å². The molecule has 5 rings (SSSR count). The number of pyridine rings is 1. The number of esters is 1. The number of methoxy groups -OCH3 is 1. The second kappa shape index (κ2) is 9.93. The molecule has 2 aromatic heterocycles. The van der Waals surface area contributed by atoms with E-state index >= 15 is 0 Å². The number of aromatic nitrogens is 1. The van der Waals surface area contributed by atoms with E-state index in [1.54, 1.807) is 29.2 Å². The summed E-state index contributed by atoms with van der Waals surface area (Å²) in [5.41, 5.74) is 2.28. The molecule has 0 saturated carbocycles. The monoisotopic (exact) mass is 503 g/mol. The minimum absolute atomic E-state index is 0.0616. The number of benzene rings is 2. The fraction of sp³-hybridized carbons (Fsp3) is 0.250. The normalized spacial score (nSPS) is 13.7. The summed E-state index contributed by atoms with van der Waals surface area (Å²) in [6.45, 7) is 3.73. The molecule has 0 atom stereocenters. The van der Waals surface area contributed by atoms with Gasteiger partial charge < -0.3 is 23.5 Å². The Morgan fingerprint density at radius 1 is 1.03 bits per heavy atom. The topological polar surface area (TPSA) is 85.0 Å². The molecule has 1 saturated heterocycles. The van der Waals surface area contributed by atoms with Crippen LogP contribution in [0.15, 0.2) is 70.1 Å². The van der Waals surface area contributed by atoms with Crippen molar-refractivity contribution in [3.63, 3.8) is 0 Å². The van der Waals surface area contributed by atoms with Gasteiger partial charge in [-0.25, -0.2) is 9.18 Å². The molecule has 9 heteroatoms. The van der Waals surface area contributed by atoms with Gasteiger partial charge in [-0.1, -0.05) is 23.8 Å². The van der Waals surface area contributed by atoms with Crippen molar-refractivity contribution in [3.05, 3.63) is 99.5 Å². The number of fused-ring (bicyclic) bond motifs is 1. The van der Waals surface area contributed by atoms with Crippen molar-refractivity contribution < 1.29 is 23.1 Å². The summed E-state index contributed by atoms with van der Waals surface area (Å²) in [6.07, 6.45) is 1.46. The number of amides is 1. The van der Waals surface area contributed by atoms with Gasteiger partial charge >= 0.3 is 5.97 Å². The van der Waals surface area contributed by atoms with Crippen molar-refractivity contribution in [1.82, 2.24) is 9.47 Å². The van der Waals surface area contributed by atoms with E-state index in [0.29, 0.717) is 37.4 Å². The summed E-state index contributed by atoms with van der Waals surface area (Å²) in [6, 6.07) is 14.9. The van der Waals surface area contributed by atoms with Crippen LogP contribution in [-0.2, 0) is 11.3 Å². The number of halogens is 1. The lowest BCUT2D eigenvalue weighted by atomic mass is 10.0. The number of carbonyl (C=O) groups excluding carboxylic acids is 2. The Morgan fingerprint density at radius 3 is 2.41 bits per heavy atom. The van der Waals surface area contributed by atoms with Crippen LogP contribution in [0.3, 0.4) is 0 Å². The number of furan rings is 1. The summed E-state index contributed by atoms with van der Waals surface area (Å²) in [7, 11) is 1.25. The first-order valence-electron chi connectivity index (χ1n) is 11.9. The molecule has 1 amide bonds. The van der Waals surface area contributed by atoms with E-state index in [1.807, 2.05) is 30.0 Å². The molecule has 0 spiro atoms. The van der Waals surface area contributed by atoms with Gasteiger partial charge in [-0.05, 0) is 48.9 Å². The predicted octanol–water partition coefficient (Wildman–Crippen LogP) is 3.84. The van der Waals surface area contributed by atoms with E-state index in [1.165, 1.54) is 30.1 Å². The Balaban J connectivity index is 1.59. The Hall–Kier alpha value is -4.40. The van der Waals surface area contributed by atoms with Crippen LogP contribution >= 0.6 is 0 Å². The quantitative estimate of drug-likeness (QED) is 0.385. The third-order valence-corrected chi connectivity index (χ3v) is 6.65. The number of nitrogens with zero attached hydrogens (tertiary/aromatic N) is 3. The molecule has 0 bridgehead atoms. The van der Waals surface area contributed by atoms with Crippen molar-refractivity contribution in [1.29, 1.82) is 0 Å². The fourth-order valence-corrected chi connectivity index (χ4v) is 4.79. The third-order valence-electron chi connectivity index (χ3n) is 6.65. The number of piperazine rings is 1. The molecule has 8 nitrogen and oxygen atoms in total. The first kappa shape index (κ1) is 24.3. The first-order chi connectivity index (χ1) is 17.9. The summed E-state index contributed by atoms with van der Waals surface area (Å²) in [5, 5.41) is 0.730. The summed E-state index contributed by atoms with van der Waals surface area (Å²) >= 11 is 0. The maximum atomic E-state index is 13.8. The first-order valence-corrected chi connectivity index (χ1v) is 11.9. The minimum atomic E-state index is -0.731. The summed E-state index contributed by atoms with van der Waals surface area (Å²) < 4.78 is 25.3. The summed E-state index contributed by atoms with van der Waals surface area (Å²) in [4.78, 5) is 43.2. The van der Waals surface area contributed by atoms with Gasteiger partial charge in [-0.15, -0.1) is 0 Å². The Kier molecular flexibility index (Phi) is 6.52. The smallest absolute Gasteiger partial charge is 0.345 e. The maximum Gasteiger partial charge on any atom is 0.345 e. The molecule has 3 heterocycles. The van der Waals surface area contributed by atoms with E-state index in [0.717, 1.165) is 16.5 Å². The Bertz CT molecular complexity index is 1520. The van der Waals surface area contributed by atoms with Crippen LogP contribution in [0.25, 0.3) is 10.9 Å². The molecule has 0 N–H and O–H groups in total. The lowest BCUT2D eigenvalue weighted by molar-refractivity contribution is 0.0597. The van der Waals surface area contributed by atoms with Gasteiger partial charge in [-0.2, -0.15) is 0 Å². The van der Waals surface area contributed by atoms with Crippen molar-refractivity contribution >= 4 is 28.5 Å². The van der Waals surface area contributed by atoms with Crippen LogP contribution in [0.2, 0.25) is 0 Å². The highest BCUT2D eigenvalue weighted by molar-refractivity contribution is 6.05. The number of aryl methyl sites for hydroxylation is 1. The van der Waals surface area contributed by atoms with Crippen LogP contribution in [0, 0.1) is 12.7 Å². The number of rotatable bonds is 5. The van der Waals surface area contributed by atoms with E-state index in [2.05, 4.69) is 0 Å². The lowest BCUT2D eigenvalue weighted by Gasteiger charge is -2.37. The van der Waals surface area contributed by atoms with Gasteiger partial charge in [0, 0.05) is 31.6 Å². The van der Waals surface area contributed by atoms with Crippen LogP contribution in [0.1, 0.15) is 32.0 Å². The number of hydrogen-bond acceptors (Lipinski definition) is 6. The van der Waals surface area contributed by atoms with Gasteiger partial charge in [-0.3, -0.25) is 9.59 Å². The minimum Gasteiger partial charge on any atom is -0.465 e. The fourth-order valence-electron chi connectivity index (χ4n) is 4.79. The van der Waals surface area contributed by atoms with E-state index in [4.69, 9.17) is 9.15 Å². The van der Waals surface area contributed by atoms with Gasteiger partial charge in [0.1, 0.15) is 11.4 Å². The average molecular weight is 504 g/mol. The van der Waals surface area contributed by atoms with Crippen LogP contribution in [0.5, 0.6) is 0 Å². The molecular weight excluding hydrogens is 477 g/mol. The highest BCUT2D eigenvalue weighted by atomic mass is 19.1. The summed E-state index contributed by atoms with van der Waals surface area (Å²) in [5.74, 6) is -1.03. The zero-order valence-corrected chi connectivity index (χ0v) is 20.6. The molecule has 4 aromatic rings. The number of carbonyl (C=O) groups is 2. The molecule has 0 unspecified atom stereocenters. The predicted molar refractivity (Wildman–Crippen MR) is 137 cm³/mol. The van der Waals surface area contributed by atoms with Crippen molar-refractivity contribution in [2.45, 2.75) is 13.5 Å². The second-order valence-corrected chi connectivity index (χ2v) is 9.01. The van der Waals surface area contributed by atoms with Gasteiger partial charge in [0.05, 0.1) is 31.1 Å². The maximum absolute atomic E-state index is 13.8. The molecule has 0 radical (unpaired) electrons. The number of ether oxygens (including phenoxy) is 1. The number of hydrogen-bond donors (Lipinski definition) is 0. The van der Waals surface area contributed by atoms with Gasteiger partial charge in [0.2, 0.25) is 0 Å². The molecule has 0 aliphatic carbocycles. The SMILES string of the molecule is COC(=O)c1c(N2CCN(C(=O)c3ccco3)CC2)c2cc(C)ccc2n(Cc2ccc(F)cc2)c1=O. The molecule has 1 aliphatic heterocycles. The highest BCUT2D eigenvalue weighted by Crippen LogP contribution is 2.32. The molecule has 190 valence electrons.